The molecule has 2 aromatic carbocycles. The summed E-state index contributed by atoms with van der Waals surface area (Å²) in [6.45, 7) is 8.23. The minimum Gasteiger partial charge on any atom is -0.380 e. The summed E-state index contributed by atoms with van der Waals surface area (Å²) in [4.78, 5) is 12.6. The molecule has 0 aliphatic carbocycles. The summed E-state index contributed by atoms with van der Waals surface area (Å²) in [6, 6.07) is 11.7. The minimum atomic E-state index is -4.87. The molecule has 0 spiro atoms. The number of nitrogens with zero attached hydrogens (tertiary/aromatic N) is 1. The predicted octanol–water partition coefficient (Wildman–Crippen LogP) is 6.47. The molecule has 37 heavy (non-hydrogen) atoms. The molecule has 2 heterocycles. The van der Waals surface area contributed by atoms with Crippen LogP contribution in [0.4, 0.5) is 18.9 Å². The third-order valence-electron chi connectivity index (χ3n) is 6.99. The van der Waals surface area contributed by atoms with Gasteiger partial charge in [-0.05, 0) is 47.4 Å². The van der Waals surface area contributed by atoms with Gasteiger partial charge in [-0.3, -0.25) is 4.79 Å². The lowest BCUT2D eigenvalue weighted by Gasteiger charge is -2.31. The van der Waals surface area contributed by atoms with Gasteiger partial charge in [-0.1, -0.05) is 62.7 Å². The topological polar surface area (TPSA) is 50.8 Å². The maximum absolute atomic E-state index is 13.0. The van der Waals surface area contributed by atoms with E-state index in [9.17, 15) is 18.0 Å². The number of hydrogen-bond acceptors (Lipinski definition) is 4. The van der Waals surface area contributed by atoms with E-state index in [2.05, 4.69) is 26.1 Å². The van der Waals surface area contributed by atoms with E-state index in [4.69, 9.17) is 21.1 Å². The molecule has 1 amide bonds. The molecule has 5 nitrogen and oxygen atoms in total. The van der Waals surface area contributed by atoms with Gasteiger partial charge >= 0.3 is 12.1 Å². The highest BCUT2D eigenvalue weighted by Crippen LogP contribution is 2.39. The van der Waals surface area contributed by atoms with Crippen molar-refractivity contribution in [3.05, 3.63) is 63.7 Å². The number of fused-ring (bicyclic) bond motifs is 1. The highest BCUT2D eigenvalue weighted by atomic mass is 35.5. The summed E-state index contributed by atoms with van der Waals surface area (Å²) in [5.74, 6) is -2.52. The number of benzene rings is 2. The fourth-order valence-corrected chi connectivity index (χ4v) is 5.13. The summed E-state index contributed by atoms with van der Waals surface area (Å²) in [7, 11) is 0. The Morgan fingerprint density at radius 2 is 1.68 bits per heavy atom. The van der Waals surface area contributed by atoms with E-state index in [0.29, 0.717) is 43.3 Å². The maximum Gasteiger partial charge on any atom is 0.471 e. The minimum absolute atomic E-state index is 0.00822. The van der Waals surface area contributed by atoms with Crippen LogP contribution < -0.4 is 5.32 Å². The SMILES string of the molecule is CC(C)(C)CCC1(c2ccc(CNc3c(Cl)ccc4c3CCN(C(=O)C(F)(F)F)CC4)cc2)OCCO1. The Labute approximate surface area is 221 Å². The number of carbonyl (C=O) groups excluding carboxylic acids is 1. The molecule has 1 N–H and O–H groups in total. The van der Waals surface area contributed by atoms with Crippen LogP contribution in [0.2, 0.25) is 5.02 Å². The average molecular weight is 539 g/mol. The van der Waals surface area contributed by atoms with Crippen LogP contribution in [0.25, 0.3) is 0 Å². The van der Waals surface area contributed by atoms with Crippen LogP contribution in [0.15, 0.2) is 36.4 Å². The zero-order chi connectivity index (χ0) is 26.8. The Bertz CT molecular complexity index is 1110. The Kier molecular flexibility index (Phi) is 8.12. The van der Waals surface area contributed by atoms with Gasteiger partial charge in [-0.2, -0.15) is 13.2 Å². The molecule has 0 bridgehead atoms. The van der Waals surface area contributed by atoms with Crippen molar-refractivity contribution in [2.45, 2.75) is 65.0 Å². The fraction of sp³-hybridized carbons (Fsp3) is 0.536. The van der Waals surface area contributed by atoms with Gasteiger partial charge in [0, 0.05) is 31.6 Å². The normalized spacial score (nSPS) is 17.9. The number of ether oxygens (including phenoxy) is 2. The van der Waals surface area contributed by atoms with E-state index in [1.807, 2.05) is 30.3 Å². The molecule has 0 unspecified atom stereocenters. The zero-order valence-corrected chi connectivity index (χ0v) is 22.3. The number of nitrogens with one attached hydrogen (secondary N) is 1. The molecular weight excluding hydrogens is 505 g/mol. The Morgan fingerprint density at radius 1 is 1.03 bits per heavy atom. The van der Waals surface area contributed by atoms with Gasteiger partial charge in [0.25, 0.3) is 0 Å². The van der Waals surface area contributed by atoms with E-state index < -0.39 is 17.9 Å². The third-order valence-corrected chi connectivity index (χ3v) is 7.31. The van der Waals surface area contributed by atoms with Gasteiger partial charge in [-0.15, -0.1) is 0 Å². The molecular formula is C28H34ClF3N2O3. The van der Waals surface area contributed by atoms with Gasteiger partial charge in [0.1, 0.15) is 0 Å². The van der Waals surface area contributed by atoms with Gasteiger partial charge in [0.15, 0.2) is 5.79 Å². The lowest BCUT2D eigenvalue weighted by Crippen LogP contribution is -2.42. The highest BCUT2D eigenvalue weighted by molar-refractivity contribution is 6.33. The summed E-state index contributed by atoms with van der Waals surface area (Å²) < 4.78 is 51.0. The Morgan fingerprint density at radius 3 is 2.30 bits per heavy atom. The van der Waals surface area contributed by atoms with E-state index in [-0.39, 0.29) is 18.5 Å². The second-order valence-corrected chi connectivity index (χ2v) is 11.3. The van der Waals surface area contributed by atoms with Crippen molar-refractivity contribution in [2.24, 2.45) is 5.41 Å². The third kappa shape index (κ3) is 6.59. The Balaban J connectivity index is 1.46. The lowest BCUT2D eigenvalue weighted by atomic mass is 9.86. The fourth-order valence-electron chi connectivity index (χ4n) is 4.89. The van der Waals surface area contributed by atoms with E-state index >= 15 is 0 Å². The molecule has 2 aromatic rings. The van der Waals surface area contributed by atoms with Crippen LogP contribution >= 0.6 is 11.6 Å². The molecule has 0 aromatic heterocycles. The molecule has 1 fully saturated rings. The van der Waals surface area contributed by atoms with E-state index in [0.717, 1.165) is 40.0 Å². The monoisotopic (exact) mass is 538 g/mol. The predicted molar refractivity (Wildman–Crippen MR) is 138 cm³/mol. The Hall–Kier alpha value is -2.29. The van der Waals surface area contributed by atoms with Crippen molar-refractivity contribution in [3.63, 3.8) is 0 Å². The van der Waals surface area contributed by atoms with Crippen LogP contribution in [-0.4, -0.2) is 43.3 Å². The van der Waals surface area contributed by atoms with Gasteiger partial charge in [-0.25, -0.2) is 0 Å². The average Bonchev–Trinajstić information content (AvgIpc) is 3.22. The van der Waals surface area contributed by atoms with E-state index in [1.54, 1.807) is 6.07 Å². The van der Waals surface area contributed by atoms with Gasteiger partial charge in [0.05, 0.1) is 23.9 Å². The second-order valence-electron chi connectivity index (χ2n) is 10.9. The maximum atomic E-state index is 13.0. The van der Waals surface area contributed by atoms with Crippen LogP contribution in [-0.2, 0) is 39.4 Å². The number of alkyl halides is 3. The summed E-state index contributed by atoms with van der Waals surface area (Å²) in [6.07, 6.45) is -2.51. The van der Waals surface area contributed by atoms with Crippen LogP contribution in [0, 0.1) is 5.41 Å². The molecule has 0 radical (unpaired) electrons. The van der Waals surface area contributed by atoms with Crippen LogP contribution in [0.1, 0.15) is 55.9 Å². The number of anilines is 1. The molecule has 9 heteroatoms. The van der Waals surface area contributed by atoms with Crippen molar-refractivity contribution in [1.29, 1.82) is 0 Å². The first-order chi connectivity index (χ1) is 17.4. The lowest BCUT2D eigenvalue weighted by molar-refractivity contribution is -0.185. The van der Waals surface area contributed by atoms with Crippen LogP contribution in [0.5, 0.6) is 0 Å². The second kappa shape index (κ2) is 10.8. The largest absolute Gasteiger partial charge is 0.471 e. The van der Waals surface area contributed by atoms with Crippen molar-refractivity contribution >= 4 is 23.2 Å². The van der Waals surface area contributed by atoms with Crippen molar-refractivity contribution in [1.82, 2.24) is 4.90 Å². The smallest absolute Gasteiger partial charge is 0.380 e. The number of hydrogen-bond donors (Lipinski definition) is 1. The summed E-state index contributed by atoms with van der Waals surface area (Å²) in [5.41, 5.74) is 4.62. The quantitative estimate of drug-likeness (QED) is 0.458. The number of rotatable bonds is 6. The van der Waals surface area contributed by atoms with E-state index in [1.165, 1.54) is 0 Å². The summed E-state index contributed by atoms with van der Waals surface area (Å²) in [5, 5.41) is 3.88. The molecule has 4 rings (SSSR count). The van der Waals surface area contributed by atoms with Gasteiger partial charge < -0.3 is 19.7 Å². The molecule has 2 aliphatic rings. The number of carbonyl (C=O) groups is 1. The first kappa shape index (κ1) is 27.7. The highest BCUT2D eigenvalue weighted by Gasteiger charge is 2.43. The standard InChI is InChI=1S/C28H34ClF3N2O3/c1-26(2,3)12-13-27(36-16-17-37-27)21-7-4-19(5-8-21)18-33-24-22-11-15-34(25(35)28(30,31)32)14-10-20(22)6-9-23(24)29/h4-9,33H,10-18H2,1-3H3. The number of halogens is 4. The molecule has 202 valence electrons. The molecule has 1 saturated heterocycles. The molecule has 0 saturated carbocycles. The van der Waals surface area contributed by atoms with Crippen LogP contribution in [0.3, 0.4) is 0 Å². The zero-order valence-electron chi connectivity index (χ0n) is 21.5. The molecule has 0 atom stereocenters. The van der Waals surface area contributed by atoms with Crippen molar-refractivity contribution in [3.8, 4) is 0 Å². The number of amides is 1. The molecule has 2 aliphatic heterocycles. The van der Waals surface area contributed by atoms with Gasteiger partial charge in [0.2, 0.25) is 0 Å². The first-order valence-corrected chi connectivity index (χ1v) is 13.0. The van der Waals surface area contributed by atoms with Crippen molar-refractivity contribution in [2.75, 3.05) is 31.6 Å². The van der Waals surface area contributed by atoms with Crippen molar-refractivity contribution < 1.29 is 27.4 Å². The first-order valence-electron chi connectivity index (χ1n) is 12.7. The summed E-state index contributed by atoms with van der Waals surface area (Å²) >= 11 is 6.50.